The molecular formula is C33H46N4O7S. The van der Waals surface area contributed by atoms with Crippen molar-refractivity contribution in [3.8, 4) is 6.07 Å². The highest BCUT2D eigenvalue weighted by atomic mass is 32.1. The van der Waals surface area contributed by atoms with Gasteiger partial charge in [0, 0.05) is 18.8 Å². The van der Waals surface area contributed by atoms with Gasteiger partial charge < -0.3 is 28.6 Å². The summed E-state index contributed by atoms with van der Waals surface area (Å²) in [7, 11) is 0. The molecule has 11 nitrogen and oxygen atoms in total. The number of benzene rings is 1. The van der Waals surface area contributed by atoms with Crippen molar-refractivity contribution in [2.75, 3.05) is 77.5 Å². The molecular weight excluding hydrogens is 596 g/mol. The zero-order valence-corrected chi connectivity index (χ0v) is 27.5. The molecule has 1 fully saturated rings. The van der Waals surface area contributed by atoms with Gasteiger partial charge in [0.1, 0.15) is 12.7 Å². The molecule has 12 heteroatoms. The molecule has 0 bridgehead atoms. The Kier molecular flexibility index (Phi) is 16.7. The Bertz CT molecular complexity index is 1260. The summed E-state index contributed by atoms with van der Waals surface area (Å²) in [6, 6.07) is 9.50. The molecule has 0 amide bonds. The second-order valence-electron chi connectivity index (χ2n) is 10.8. The lowest BCUT2D eigenvalue weighted by Crippen LogP contribution is -2.28. The molecule has 246 valence electrons. The van der Waals surface area contributed by atoms with Crippen molar-refractivity contribution < 1.29 is 33.3 Å². The Morgan fingerprint density at radius 1 is 0.978 bits per heavy atom. The molecule has 2 atom stereocenters. The van der Waals surface area contributed by atoms with Gasteiger partial charge in [-0.15, -0.1) is 21.6 Å². The largest absolute Gasteiger partial charge is 0.463 e. The minimum atomic E-state index is -0.0872. The molecule has 0 saturated heterocycles. The topological polar surface area (TPSA) is 132 Å². The molecule has 1 aromatic heterocycles. The first-order chi connectivity index (χ1) is 22.0. The number of likely N-dealkylation sites (N-methyl/N-ethyl adjacent to an activating group) is 1. The molecule has 1 saturated carbocycles. The number of nitriles is 1. The summed E-state index contributed by atoms with van der Waals surface area (Å²) < 4.78 is 27.7. The summed E-state index contributed by atoms with van der Waals surface area (Å²) in [6.45, 7) is 11.8. The van der Waals surface area contributed by atoms with Gasteiger partial charge in [0.25, 0.3) is 0 Å². The van der Waals surface area contributed by atoms with E-state index in [0.717, 1.165) is 54.9 Å². The van der Waals surface area contributed by atoms with Gasteiger partial charge in [-0.1, -0.05) is 19.8 Å². The minimum absolute atomic E-state index is 0.0385. The SMILES string of the molecule is CCN(CCOCCOCCOCCOCCOC(=O)C1CCCCC1C)c1ccc(N=Nc2sc(C=O)cc2C#N)c(C)c1. The van der Waals surface area contributed by atoms with Gasteiger partial charge in [0.05, 0.1) is 74.9 Å². The number of azo groups is 1. The number of aryl methyl sites for hydroxylation is 1. The number of nitrogens with zero attached hydrogens (tertiary/aromatic N) is 4. The molecule has 0 radical (unpaired) electrons. The first-order valence-electron chi connectivity index (χ1n) is 15.7. The number of rotatable bonds is 21. The van der Waals surface area contributed by atoms with Gasteiger partial charge in [0.15, 0.2) is 11.3 Å². The normalized spacial score (nSPS) is 16.5. The molecule has 1 aromatic carbocycles. The van der Waals surface area contributed by atoms with Crippen LogP contribution in [0.2, 0.25) is 0 Å². The number of anilines is 1. The van der Waals surface area contributed by atoms with Crippen LogP contribution < -0.4 is 4.90 Å². The van der Waals surface area contributed by atoms with Gasteiger partial charge in [0.2, 0.25) is 0 Å². The number of hydrogen-bond acceptors (Lipinski definition) is 12. The lowest BCUT2D eigenvalue weighted by atomic mass is 9.80. The third kappa shape index (κ3) is 12.6. The molecule has 0 aliphatic heterocycles. The van der Waals surface area contributed by atoms with E-state index in [-0.39, 0.29) is 18.5 Å². The Morgan fingerprint density at radius 3 is 2.22 bits per heavy atom. The van der Waals surface area contributed by atoms with E-state index < -0.39 is 0 Å². The molecule has 1 aliphatic carbocycles. The van der Waals surface area contributed by atoms with Crippen molar-refractivity contribution in [1.82, 2.24) is 0 Å². The van der Waals surface area contributed by atoms with Crippen LogP contribution in [-0.2, 0) is 28.5 Å². The van der Waals surface area contributed by atoms with E-state index in [1.807, 2.05) is 25.1 Å². The minimum Gasteiger partial charge on any atom is -0.463 e. The number of hydrogen-bond donors (Lipinski definition) is 0. The maximum absolute atomic E-state index is 12.2. The fourth-order valence-corrected chi connectivity index (χ4v) is 5.79. The van der Waals surface area contributed by atoms with Gasteiger partial charge in [-0.05, 0) is 62.4 Å². The number of carbonyl (C=O) groups excluding carboxylic acids is 2. The first kappa shape index (κ1) is 36.3. The van der Waals surface area contributed by atoms with Crippen LogP contribution in [-0.4, -0.2) is 84.8 Å². The van der Waals surface area contributed by atoms with Gasteiger partial charge in [-0.3, -0.25) is 9.59 Å². The van der Waals surface area contributed by atoms with E-state index in [0.29, 0.717) is 86.2 Å². The van der Waals surface area contributed by atoms with Crippen LogP contribution in [0.1, 0.15) is 60.3 Å². The highest BCUT2D eigenvalue weighted by molar-refractivity contribution is 7.17. The van der Waals surface area contributed by atoms with Crippen LogP contribution in [0.15, 0.2) is 34.5 Å². The predicted octanol–water partition coefficient (Wildman–Crippen LogP) is 6.42. The quantitative estimate of drug-likeness (QED) is 0.0655. The van der Waals surface area contributed by atoms with Crippen molar-refractivity contribution in [3.63, 3.8) is 0 Å². The van der Waals surface area contributed by atoms with E-state index in [4.69, 9.17) is 23.7 Å². The van der Waals surface area contributed by atoms with Crippen LogP contribution in [0, 0.1) is 30.1 Å². The third-order valence-corrected chi connectivity index (χ3v) is 8.60. The fraction of sp³-hybridized carbons (Fsp3) is 0.606. The molecule has 45 heavy (non-hydrogen) atoms. The number of esters is 1. The van der Waals surface area contributed by atoms with Crippen molar-refractivity contribution >= 4 is 40.0 Å². The predicted molar refractivity (Wildman–Crippen MR) is 173 cm³/mol. The molecule has 0 N–H and O–H groups in total. The van der Waals surface area contributed by atoms with Gasteiger partial charge in [-0.25, -0.2) is 0 Å². The van der Waals surface area contributed by atoms with Crippen molar-refractivity contribution in [1.29, 1.82) is 5.26 Å². The standard InChI is InChI=1S/C33H46N4O7S/c1-4-37(28-9-10-31(26(3)21-28)35-36-32-27(23-34)22-29(24-38)45-32)11-12-40-13-14-41-15-16-42-17-18-43-19-20-44-33(39)30-8-6-5-7-25(30)2/h9-10,21-22,24-25,30H,4-8,11-20H2,1-3H3. The molecule has 2 aromatic rings. The smallest absolute Gasteiger partial charge is 0.309 e. The average Bonchev–Trinajstić information content (AvgIpc) is 3.46. The number of carbonyl (C=O) groups is 2. The van der Waals surface area contributed by atoms with E-state index in [9.17, 15) is 14.9 Å². The third-order valence-electron chi connectivity index (χ3n) is 7.65. The highest BCUT2D eigenvalue weighted by Crippen LogP contribution is 2.33. The summed E-state index contributed by atoms with van der Waals surface area (Å²) in [5.41, 5.74) is 3.05. The van der Waals surface area contributed by atoms with Crippen molar-refractivity contribution in [2.24, 2.45) is 22.1 Å². The lowest BCUT2D eigenvalue weighted by Gasteiger charge is -2.26. The number of ether oxygens (including phenoxy) is 5. The molecule has 0 spiro atoms. The second-order valence-corrected chi connectivity index (χ2v) is 11.9. The van der Waals surface area contributed by atoms with Gasteiger partial charge in [-0.2, -0.15) is 5.26 Å². The van der Waals surface area contributed by atoms with Crippen LogP contribution in [0.5, 0.6) is 0 Å². The summed E-state index contributed by atoms with van der Waals surface area (Å²) in [4.78, 5) is 25.8. The number of aldehydes is 1. The second kappa shape index (κ2) is 20.7. The lowest BCUT2D eigenvalue weighted by molar-refractivity contribution is -0.153. The summed E-state index contributed by atoms with van der Waals surface area (Å²) in [6.07, 6.45) is 5.06. The Balaban J connectivity index is 1.19. The van der Waals surface area contributed by atoms with E-state index in [1.54, 1.807) is 0 Å². The van der Waals surface area contributed by atoms with Crippen molar-refractivity contribution in [2.45, 2.75) is 46.5 Å². The maximum Gasteiger partial charge on any atom is 0.309 e. The zero-order valence-electron chi connectivity index (χ0n) is 26.7. The monoisotopic (exact) mass is 642 g/mol. The first-order valence-corrected chi connectivity index (χ1v) is 16.5. The van der Waals surface area contributed by atoms with Gasteiger partial charge >= 0.3 is 5.97 Å². The Morgan fingerprint density at radius 2 is 1.62 bits per heavy atom. The average molecular weight is 643 g/mol. The van der Waals surface area contributed by atoms with E-state index in [2.05, 4.69) is 35.0 Å². The van der Waals surface area contributed by atoms with Crippen LogP contribution in [0.25, 0.3) is 0 Å². The molecule has 2 unspecified atom stereocenters. The molecule has 3 rings (SSSR count). The van der Waals surface area contributed by atoms with Crippen LogP contribution >= 0.6 is 11.3 Å². The summed E-state index contributed by atoms with van der Waals surface area (Å²) in [5, 5.41) is 18.2. The summed E-state index contributed by atoms with van der Waals surface area (Å²) >= 11 is 1.14. The Labute approximate surface area is 270 Å². The molecule has 1 aliphatic rings. The maximum atomic E-state index is 12.2. The van der Waals surface area contributed by atoms with Crippen LogP contribution in [0.4, 0.5) is 16.4 Å². The fourth-order valence-electron chi connectivity index (χ4n) is 5.04. The Hall–Kier alpha value is -3.21. The van der Waals surface area contributed by atoms with Crippen LogP contribution in [0.3, 0.4) is 0 Å². The summed E-state index contributed by atoms with van der Waals surface area (Å²) in [5.74, 6) is 0.360. The number of thiophene rings is 1. The zero-order chi connectivity index (χ0) is 32.3. The highest BCUT2D eigenvalue weighted by Gasteiger charge is 2.28. The molecule has 1 heterocycles. The van der Waals surface area contributed by atoms with E-state index >= 15 is 0 Å². The van der Waals surface area contributed by atoms with E-state index in [1.165, 1.54) is 12.5 Å². The van der Waals surface area contributed by atoms with Crippen molar-refractivity contribution in [3.05, 3.63) is 40.3 Å².